The third-order valence-electron chi connectivity index (χ3n) is 2.90. The lowest BCUT2D eigenvalue weighted by Gasteiger charge is -2.13. The van der Waals surface area contributed by atoms with E-state index in [4.69, 9.17) is 14.2 Å². The Morgan fingerprint density at radius 2 is 1.48 bits per heavy atom. The molecule has 0 aliphatic heterocycles. The predicted octanol–water partition coefficient (Wildman–Crippen LogP) is 3.99. The topological polar surface area (TPSA) is 27.7 Å². The summed E-state index contributed by atoms with van der Waals surface area (Å²) in [5.74, 6) is 1.62. The lowest BCUT2D eigenvalue weighted by Crippen LogP contribution is -2.10. The van der Waals surface area contributed by atoms with Crippen LogP contribution >= 0.6 is 0 Å². The first-order valence-electron chi connectivity index (χ1n) is 6.94. The first kappa shape index (κ1) is 15.2. The van der Waals surface area contributed by atoms with Crippen LogP contribution in [0.25, 0.3) is 0 Å². The van der Waals surface area contributed by atoms with Crippen LogP contribution in [0.15, 0.2) is 42.5 Å². The number of halogens is 1. The Morgan fingerprint density at radius 3 is 2.14 bits per heavy atom. The summed E-state index contributed by atoms with van der Waals surface area (Å²) in [6.07, 6.45) is 0. The van der Waals surface area contributed by atoms with E-state index < -0.39 is 0 Å². The molecule has 0 saturated heterocycles. The van der Waals surface area contributed by atoms with E-state index in [-0.39, 0.29) is 5.82 Å². The van der Waals surface area contributed by atoms with Crippen molar-refractivity contribution in [2.45, 2.75) is 13.8 Å². The van der Waals surface area contributed by atoms with Crippen LogP contribution in [0, 0.1) is 12.7 Å². The molecule has 2 aromatic rings. The minimum absolute atomic E-state index is 0.307. The maximum Gasteiger partial charge on any atom is 0.161 e. The number of ether oxygens (including phenoxy) is 3. The van der Waals surface area contributed by atoms with Crippen molar-refractivity contribution in [3.8, 4) is 17.2 Å². The van der Waals surface area contributed by atoms with E-state index in [1.165, 1.54) is 12.1 Å². The Kier molecular flexibility index (Phi) is 5.43. The molecule has 0 heterocycles. The third kappa shape index (κ3) is 4.38. The second-order valence-corrected chi connectivity index (χ2v) is 4.49. The molecule has 2 rings (SSSR count). The monoisotopic (exact) mass is 290 g/mol. The summed E-state index contributed by atoms with van der Waals surface area (Å²) in [6.45, 7) is 5.08. The molecule has 0 aliphatic carbocycles. The van der Waals surface area contributed by atoms with Crippen LogP contribution in [-0.2, 0) is 0 Å². The molecular weight excluding hydrogens is 271 g/mol. The molecule has 0 atom stereocenters. The molecule has 0 fully saturated rings. The molecule has 0 saturated carbocycles. The van der Waals surface area contributed by atoms with Gasteiger partial charge in [0, 0.05) is 6.07 Å². The molecule has 2 aromatic carbocycles. The summed E-state index contributed by atoms with van der Waals surface area (Å²) in [4.78, 5) is 0. The smallest absolute Gasteiger partial charge is 0.161 e. The molecule has 0 aliphatic rings. The zero-order valence-corrected chi connectivity index (χ0v) is 12.3. The Balaban J connectivity index is 1.86. The molecule has 0 radical (unpaired) electrons. The summed E-state index contributed by atoms with van der Waals surface area (Å²) >= 11 is 0. The van der Waals surface area contributed by atoms with E-state index in [0.717, 1.165) is 5.56 Å². The minimum atomic E-state index is -0.307. The summed E-state index contributed by atoms with van der Waals surface area (Å²) in [5, 5.41) is 0. The maximum atomic E-state index is 13.1. The Morgan fingerprint density at radius 1 is 0.857 bits per heavy atom. The Bertz CT molecular complexity index is 584. The Labute approximate surface area is 124 Å². The highest BCUT2D eigenvalue weighted by Gasteiger charge is 2.04. The molecule has 0 amide bonds. The van der Waals surface area contributed by atoms with Crippen molar-refractivity contribution in [3.05, 3.63) is 53.8 Å². The van der Waals surface area contributed by atoms with Gasteiger partial charge < -0.3 is 14.2 Å². The molecule has 112 valence electrons. The molecule has 0 bridgehead atoms. The van der Waals surface area contributed by atoms with Crippen molar-refractivity contribution in [1.82, 2.24) is 0 Å². The maximum absolute atomic E-state index is 13.1. The summed E-state index contributed by atoms with van der Waals surface area (Å²) in [7, 11) is 0. The molecule has 4 heteroatoms. The zero-order valence-electron chi connectivity index (χ0n) is 12.3. The van der Waals surface area contributed by atoms with Crippen LogP contribution in [0.5, 0.6) is 17.2 Å². The number of rotatable bonds is 7. The summed E-state index contributed by atoms with van der Waals surface area (Å²) < 4.78 is 29.8. The van der Waals surface area contributed by atoms with Gasteiger partial charge in [0.2, 0.25) is 0 Å². The fraction of sp³-hybridized carbons (Fsp3) is 0.294. The molecular formula is C17H19FO3. The SMILES string of the molecule is CCOc1ccccc1OCCOc1cc(F)ccc1C. The van der Waals surface area contributed by atoms with Gasteiger partial charge >= 0.3 is 0 Å². The van der Waals surface area contributed by atoms with Gasteiger partial charge in [-0.2, -0.15) is 0 Å². The van der Waals surface area contributed by atoms with Gasteiger partial charge in [0.05, 0.1) is 6.61 Å². The zero-order chi connectivity index (χ0) is 15.1. The molecule has 3 nitrogen and oxygen atoms in total. The molecule has 0 spiro atoms. The summed E-state index contributed by atoms with van der Waals surface area (Å²) in [6, 6.07) is 12.0. The fourth-order valence-electron chi connectivity index (χ4n) is 1.88. The number of hydrogen-bond acceptors (Lipinski definition) is 3. The van der Waals surface area contributed by atoms with Gasteiger partial charge in [-0.15, -0.1) is 0 Å². The Hall–Kier alpha value is -2.23. The van der Waals surface area contributed by atoms with Gasteiger partial charge in [0.25, 0.3) is 0 Å². The average molecular weight is 290 g/mol. The number of para-hydroxylation sites is 2. The predicted molar refractivity (Wildman–Crippen MR) is 79.7 cm³/mol. The highest BCUT2D eigenvalue weighted by molar-refractivity contribution is 5.39. The highest BCUT2D eigenvalue weighted by Crippen LogP contribution is 2.26. The van der Waals surface area contributed by atoms with Crippen molar-refractivity contribution in [3.63, 3.8) is 0 Å². The van der Waals surface area contributed by atoms with Crippen LogP contribution in [0.2, 0.25) is 0 Å². The normalized spacial score (nSPS) is 10.2. The second kappa shape index (κ2) is 7.53. The van der Waals surface area contributed by atoms with Gasteiger partial charge in [-0.1, -0.05) is 18.2 Å². The van der Waals surface area contributed by atoms with E-state index in [0.29, 0.717) is 37.1 Å². The molecule has 21 heavy (non-hydrogen) atoms. The summed E-state index contributed by atoms with van der Waals surface area (Å²) in [5.41, 5.74) is 0.895. The van der Waals surface area contributed by atoms with Gasteiger partial charge in [0.1, 0.15) is 24.8 Å². The average Bonchev–Trinajstić information content (AvgIpc) is 2.49. The van der Waals surface area contributed by atoms with E-state index in [9.17, 15) is 4.39 Å². The lowest BCUT2D eigenvalue weighted by atomic mass is 10.2. The van der Waals surface area contributed by atoms with Crippen molar-refractivity contribution >= 4 is 0 Å². The van der Waals surface area contributed by atoms with Crippen LogP contribution in [0.4, 0.5) is 4.39 Å². The standard InChI is InChI=1S/C17H19FO3/c1-3-19-15-6-4-5-7-16(15)20-10-11-21-17-12-14(18)9-8-13(17)2/h4-9,12H,3,10-11H2,1-2H3. The van der Waals surface area contributed by atoms with Gasteiger partial charge in [-0.05, 0) is 37.6 Å². The first-order chi connectivity index (χ1) is 10.2. The van der Waals surface area contributed by atoms with E-state index >= 15 is 0 Å². The largest absolute Gasteiger partial charge is 0.490 e. The van der Waals surface area contributed by atoms with E-state index in [1.54, 1.807) is 6.07 Å². The number of aryl methyl sites for hydroxylation is 1. The second-order valence-electron chi connectivity index (χ2n) is 4.49. The van der Waals surface area contributed by atoms with Crippen LogP contribution in [0.3, 0.4) is 0 Å². The quantitative estimate of drug-likeness (QED) is 0.722. The van der Waals surface area contributed by atoms with Crippen molar-refractivity contribution in [2.24, 2.45) is 0 Å². The minimum Gasteiger partial charge on any atom is -0.490 e. The van der Waals surface area contributed by atoms with Crippen molar-refractivity contribution in [1.29, 1.82) is 0 Å². The number of hydrogen-bond donors (Lipinski definition) is 0. The van der Waals surface area contributed by atoms with E-state index in [1.807, 2.05) is 38.1 Å². The third-order valence-corrected chi connectivity index (χ3v) is 2.90. The van der Waals surface area contributed by atoms with Gasteiger partial charge in [-0.25, -0.2) is 4.39 Å². The van der Waals surface area contributed by atoms with Crippen LogP contribution < -0.4 is 14.2 Å². The van der Waals surface area contributed by atoms with Crippen molar-refractivity contribution in [2.75, 3.05) is 19.8 Å². The number of benzene rings is 2. The highest BCUT2D eigenvalue weighted by atomic mass is 19.1. The van der Waals surface area contributed by atoms with Crippen LogP contribution in [-0.4, -0.2) is 19.8 Å². The molecule has 0 N–H and O–H groups in total. The molecule has 0 unspecified atom stereocenters. The lowest BCUT2D eigenvalue weighted by molar-refractivity contribution is 0.207. The fourth-order valence-corrected chi connectivity index (χ4v) is 1.88. The van der Waals surface area contributed by atoms with Crippen LogP contribution in [0.1, 0.15) is 12.5 Å². The molecule has 0 aromatic heterocycles. The van der Waals surface area contributed by atoms with E-state index in [2.05, 4.69) is 0 Å². The first-order valence-corrected chi connectivity index (χ1v) is 6.94. The van der Waals surface area contributed by atoms with Crippen molar-refractivity contribution < 1.29 is 18.6 Å². The van der Waals surface area contributed by atoms with Gasteiger partial charge in [-0.3, -0.25) is 0 Å². The van der Waals surface area contributed by atoms with Gasteiger partial charge in [0.15, 0.2) is 11.5 Å².